The highest BCUT2D eigenvalue weighted by Crippen LogP contribution is 2.19. The van der Waals surface area contributed by atoms with E-state index in [2.05, 4.69) is 19.2 Å². The summed E-state index contributed by atoms with van der Waals surface area (Å²) in [5.74, 6) is 1.07. The number of hydrogen-bond acceptors (Lipinski definition) is 2. The fourth-order valence-corrected chi connectivity index (χ4v) is 1.55. The molecule has 1 fully saturated rings. The minimum absolute atomic E-state index is 0.0683. The first-order valence-corrected chi connectivity index (χ1v) is 4.10. The van der Waals surface area contributed by atoms with E-state index in [0.29, 0.717) is 11.8 Å². The summed E-state index contributed by atoms with van der Waals surface area (Å²) in [6, 6.07) is 0. The summed E-state index contributed by atoms with van der Waals surface area (Å²) in [7, 11) is 0. The van der Waals surface area contributed by atoms with Crippen LogP contribution in [0.2, 0.25) is 0 Å². The summed E-state index contributed by atoms with van der Waals surface area (Å²) in [6.45, 7) is 6.30. The third kappa shape index (κ3) is 1.70. The molecule has 1 aliphatic heterocycles. The number of rotatable bonds is 1. The van der Waals surface area contributed by atoms with Crippen LogP contribution < -0.4 is 5.32 Å². The average molecular weight is 143 g/mol. The van der Waals surface area contributed by atoms with Crippen molar-refractivity contribution < 1.29 is 5.11 Å². The van der Waals surface area contributed by atoms with Gasteiger partial charge in [-0.3, -0.25) is 0 Å². The summed E-state index contributed by atoms with van der Waals surface area (Å²) in [5.41, 5.74) is 0. The van der Waals surface area contributed by atoms with Crippen LogP contribution in [-0.4, -0.2) is 24.3 Å². The second-order valence-electron chi connectivity index (χ2n) is 3.47. The molecule has 1 aliphatic rings. The molecule has 2 nitrogen and oxygen atoms in total. The van der Waals surface area contributed by atoms with Crippen molar-refractivity contribution >= 4 is 0 Å². The van der Waals surface area contributed by atoms with Gasteiger partial charge in [0.25, 0.3) is 0 Å². The molecule has 0 aromatic rings. The molecular weight excluding hydrogens is 126 g/mol. The van der Waals surface area contributed by atoms with Gasteiger partial charge in [-0.25, -0.2) is 0 Å². The van der Waals surface area contributed by atoms with E-state index in [0.717, 1.165) is 19.5 Å². The van der Waals surface area contributed by atoms with Crippen molar-refractivity contribution in [1.82, 2.24) is 5.32 Å². The van der Waals surface area contributed by atoms with Gasteiger partial charge in [-0.1, -0.05) is 13.8 Å². The lowest BCUT2D eigenvalue weighted by Gasteiger charge is -2.31. The molecule has 2 atom stereocenters. The van der Waals surface area contributed by atoms with E-state index in [-0.39, 0.29) is 6.10 Å². The monoisotopic (exact) mass is 143 g/mol. The number of hydrogen-bond donors (Lipinski definition) is 2. The van der Waals surface area contributed by atoms with Crippen LogP contribution in [0.1, 0.15) is 20.3 Å². The number of piperidine rings is 1. The molecule has 1 heterocycles. The zero-order chi connectivity index (χ0) is 7.56. The Labute approximate surface area is 62.6 Å². The molecule has 2 heteroatoms. The van der Waals surface area contributed by atoms with Crippen molar-refractivity contribution in [3.05, 3.63) is 0 Å². The Balaban J connectivity index is 2.40. The first kappa shape index (κ1) is 8.02. The van der Waals surface area contributed by atoms with Crippen LogP contribution in [0.3, 0.4) is 0 Å². The molecule has 10 heavy (non-hydrogen) atoms. The second kappa shape index (κ2) is 3.35. The fraction of sp³-hybridized carbons (Fsp3) is 1.00. The van der Waals surface area contributed by atoms with Crippen molar-refractivity contribution in [2.45, 2.75) is 26.4 Å². The van der Waals surface area contributed by atoms with E-state index in [1.165, 1.54) is 0 Å². The van der Waals surface area contributed by atoms with Crippen molar-refractivity contribution in [3.8, 4) is 0 Å². The maximum Gasteiger partial charge on any atom is 0.0595 e. The Kier molecular flexibility index (Phi) is 2.69. The smallest absolute Gasteiger partial charge is 0.0595 e. The summed E-state index contributed by atoms with van der Waals surface area (Å²) >= 11 is 0. The van der Waals surface area contributed by atoms with Crippen LogP contribution >= 0.6 is 0 Å². The Hall–Kier alpha value is -0.0800. The van der Waals surface area contributed by atoms with Crippen molar-refractivity contribution in [3.63, 3.8) is 0 Å². The quantitative estimate of drug-likeness (QED) is 0.564. The van der Waals surface area contributed by atoms with Gasteiger partial charge in [0.05, 0.1) is 6.10 Å². The Morgan fingerprint density at radius 3 is 2.60 bits per heavy atom. The van der Waals surface area contributed by atoms with Crippen molar-refractivity contribution in [2.24, 2.45) is 11.8 Å². The zero-order valence-corrected chi connectivity index (χ0v) is 6.80. The van der Waals surface area contributed by atoms with Gasteiger partial charge in [-0.05, 0) is 24.8 Å². The number of aliphatic hydroxyl groups is 1. The summed E-state index contributed by atoms with van der Waals surface area (Å²) < 4.78 is 0. The molecule has 60 valence electrons. The second-order valence-corrected chi connectivity index (χ2v) is 3.47. The SMILES string of the molecule is CC(C)[C@@H]1CNCC[C@H]1O. The van der Waals surface area contributed by atoms with Gasteiger partial charge in [0.2, 0.25) is 0 Å². The van der Waals surface area contributed by atoms with E-state index in [1.54, 1.807) is 0 Å². The van der Waals surface area contributed by atoms with Crippen molar-refractivity contribution in [1.29, 1.82) is 0 Å². The van der Waals surface area contributed by atoms with Gasteiger partial charge < -0.3 is 10.4 Å². The van der Waals surface area contributed by atoms with Crippen LogP contribution in [0, 0.1) is 11.8 Å². The van der Waals surface area contributed by atoms with Gasteiger partial charge >= 0.3 is 0 Å². The van der Waals surface area contributed by atoms with E-state index in [9.17, 15) is 5.11 Å². The maximum absolute atomic E-state index is 9.50. The highest BCUT2D eigenvalue weighted by molar-refractivity contribution is 4.78. The molecule has 0 unspecified atom stereocenters. The van der Waals surface area contributed by atoms with Crippen LogP contribution in [0.15, 0.2) is 0 Å². The minimum Gasteiger partial charge on any atom is -0.393 e. The summed E-state index contributed by atoms with van der Waals surface area (Å²) in [6.07, 6.45) is 0.851. The first-order valence-electron chi connectivity index (χ1n) is 4.10. The van der Waals surface area contributed by atoms with Crippen LogP contribution in [0.25, 0.3) is 0 Å². The Bertz CT molecular complexity index is 103. The molecule has 0 bridgehead atoms. The highest BCUT2D eigenvalue weighted by Gasteiger charge is 2.24. The maximum atomic E-state index is 9.50. The highest BCUT2D eigenvalue weighted by atomic mass is 16.3. The third-order valence-corrected chi connectivity index (χ3v) is 2.35. The Morgan fingerprint density at radius 2 is 2.20 bits per heavy atom. The molecule has 2 N–H and O–H groups in total. The van der Waals surface area contributed by atoms with Crippen LogP contribution in [0.5, 0.6) is 0 Å². The summed E-state index contributed by atoms with van der Waals surface area (Å²) in [4.78, 5) is 0. The molecule has 0 radical (unpaired) electrons. The average Bonchev–Trinajstić information content (AvgIpc) is 1.88. The molecule has 1 saturated heterocycles. The molecule has 0 aromatic carbocycles. The zero-order valence-electron chi connectivity index (χ0n) is 6.80. The van der Waals surface area contributed by atoms with Gasteiger partial charge in [-0.15, -0.1) is 0 Å². The molecular formula is C8H17NO. The van der Waals surface area contributed by atoms with E-state index < -0.39 is 0 Å². The number of aliphatic hydroxyl groups excluding tert-OH is 1. The first-order chi connectivity index (χ1) is 4.72. The molecule has 0 amide bonds. The third-order valence-electron chi connectivity index (χ3n) is 2.35. The lowest BCUT2D eigenvalue weighted by molar-refractivity contribution is 0.0551. The van der Waals surface area contributed by atoms with E-state index in [4.69, 9.17) is 0 Å². The standard InChI is InChI=1S/C8H17NO/c1-6(2)7-5-9-4-3-8(7)10/h6-10H,3-5H2,1-2H3/t7-,8+/m0/s1. The van der Waals surface area contributed by atoms with Crippen LogP contribution in [0.4, 0.5) is 0 Å². The van der Waals surface area contributed by atoms with Gasteiger partial charge in [0.15, 0.2) is 0 Å². The lowest BCUT2D eigenvalue weighted by atomic mass is 9.86. The normalized spacial score (nSPS) is 34.8. The topological polar surface area (TPSA) is 32.3 Å². The predicted molar refractivity (Wildman–Crippen MR) is 41.8 cm³/mol. The van der Waals surface area contributed by atoms with Gasteiger partial charge in [0, 0.05) is 6.54 Å². The largest absolute Gasteiger partial charge is 0.393 e. The summed E-state index contributed by atoms with van der Waals surface area (Å²) in [5, 5.41) is 12.8. The molecule has 0 aliphatic carbocycles. The van der Waals surface area contributed by atoms with Gasteiger partial charge in [-0.2, -0.15) is 0 Å². The molecule has 0 aromatic heterocycles. The van der Waals surface area contributed by atoms with Gasteiger partial charge in [0.1, 0.15) is 0 Å². The number of nitrogens with one attached hydrogen (secondary N) is 1. The van der Waals surface area contributed by atoms with Crippen LogP contribution in [-0.2, 0) is 0 Å². The molecule has 0 saturated carbocycles. The molecule has 0 spiro atoms. The predicted octanol–water partition coefficient (Wildman–Crippen LogP) is 0.613. The lowest BCUT2D eigenvalue weighted by Crippen LogP contribution is -2.42. The van der Waals surface area contributed by atoms with E-state index in [1.807, 2.05) is 0 Å². The van der Waals surface area contributed by atoms with Crippen molar-refractivity contribution in [2.75, 3.05) is 13.1 Å². The fourth-order valence-electron chi connectivity index (χ4n) is 1.55. The minimum atomic E-state index is -0.0683. The van der Waals surface area contributed by atoms with E-state index >= 15 is 0 Å². The Morgan fingerprint density at radius 1 is 1.50 bits per heavy atom. The molecule has 1 rings (SSSR count).